The van der Waals surface area contributed by atoms with Crippen molar-refractivity contribution in [1.82, 2.24) is 0 Å². The van der Waals surface area contributed by atoms with Crippen molar-refractivity contribution in [2.45, 2.75) is 0 Å². The van der Waals surface area contributed by atoms with Crippen LogP contribution >= 0.6 is 27.5 Å². The monoisotopic (exact) mass is 263 g/mol. The van der Waals surface area contributed by atoms with Crippen molar-refractivity contribution in [2.24, 2.45) is 5.73 Å². The lowest BCUT2D eigenvalue weighted by Gasteiger charge is -2.01. The molecule has 0 spiro atoms. The lowest BCUT2D eigenvalue weighted by molar-refractivity contribution is 0.624. The highest BCUT2D eigenvalue weighted by molar-refractivity contribution is 9.10. The maximum absolute atomic E-state index is 13.3. The zero-order chi connectivity index (χ0) is 9.84. The molecular weight excluding hydrogens is 256 g/mol. The van der Waals surface area contributed by atoms with Crippen LogP contribution in [-0.4, -0.2) is 6.54 Å². The fourth-order valence-corrected chi connectivity index (χ4v) is 1.48. The van der Waals surface area contributed by atoms with Gasteiger partial charge in [0.25, 0.3) is 0 Å². The second-order valence-corrected chi connectivity index (χ2v) is 3.66. The minimum atomic E-state index is -0.430. The van der Waals surface area contributed by atoms with E-state index < -0.39 is 5.82 Å². The van der Waals surface area contributed by atoms with Crippen LogP contribution in [0, 0.1) is 5.82 Å². The number of hydrogen-bond donors (Lipinski definition) is 1. The van der Waals surface area contributed by atoms with Gasteiger partial charge in [0.1, 0.15) is 5.82 Å². The van der Waals surface area contributed by atoms with Gasteiger partial charge in [-0.1, -0.05) is 39.7 Å². The number of rotatable bonds is 2. The van der Waals surface area contributed by atoms with Crippen LogP contribution in [0.25, 0.3) is 6.08 Å². The van der Waals surface area contributed by atoms with Crippen molar-refractivity contribution in [3.8, 4) is 0 Å². The predicted octanol–water partition coefficient (Wildman–Crippen LogP) is 3.21. The summed E-state index contributed by atoms with van der Waals surface area (Å²) in [4.78, 5) is 0. The molecule has 70 valence electrons. The second-order valence-electron chi connectivity index (χ2n) is 2.39. The van der Waals surface area contributed by atoms with Crippen LogP contribution < -0.4 is 5.73 Å². The first-order valence-electron chi connectivity index (χ1n) is 3.67. The smallest absolute Gasteiger partial charge is 0.150 e. The lowest BCUT2D eigenvalue weighted by atomic mass is 10.2. The molecule has 0 aliphatic rings. The topological polar surface area (TPSA) is 26.0 Å². The van der Waals surface area contributed by atoms with E-state index in [1.54, 1.807) is 18.2 Å². The molecule has 0 aromatic heterocycles. The van der Waals surface area contributed by atoms with E-state index in [1.165, 1.54) is 6.07 Å². The third-order valence-electron chi connectivity index (χ3n) is 1.50. The zero-order valence-corrected chi connectivity index (χ0v) is 9.07. The molecule has 2 N–H and O–H groups in total. The molecule has 0 saturated carbocycles. The van der Waals surface area contributed by atoms with E-state index in [0.717, 1.165) is 0 Å². The van der Waals surface area contributed by atoms with Gasteiger partial charge in [0.15, 0.2) is 0 Å². The van der Waals surface area contributed by atoms with Crippen molar-refractivity contribution < 1.29 is 4.39 Å². The summed E-state index contributed by atoms with van der Waals surface area (Å²) in [5.41, 5.74) is 5.69. The Labute approximate surface area is 89.5 Å². The van der Waals surface area contributed by atoms with Crippen molar-refractivity contribution in [3.63, 3.8) is 0 Å². The molecule has 0 aliphatic heterocycles. The van der Waals surface area contributed by atoms with Crippen LogP contribution in [0.4, 0.5) is 4.39 Å². The highest BCUT2D eigenvalue weighted by atomic mass is 79.9. The van der Waals surface area contributed by atoms with Gasteiger partial charge in [-0.15, -0.1) is 0 Å². The van der Waals surface area contributed by atoms with E-state index in [9.17, 15) is 4.39 Å². The maximum atomic E-state index is 13.3. The Balaban J connectivity index is 3.17. The molecule has 0 unspecified atom stereocenters. The zero-order valence-electron chi connectivity index (χ0n) is 6.73. The third kappa shape index (κ3) is 2.53. The summed E-state index contributed by atoms with van der Waals surface area (Å²) in [6, 6.07) is 3.20. The quantitative estimate of drug-likeness (QED) is 0.816. The predicted molar refractivity (Wildman–Crippen MR) is 57.2 cm³/mol. The average Bonchev–Trinajstić information content (AvgIpc) is 2.12. The van der Waals surface area contributed by atoms with Crippen molar-refractivity contribution in [1.29, 1.82) is 0 Å². The number of benzene rings is 1. The summed E-state index contributed by atoms with van der Waals surface area (Å²) in [5, 5.41) is 0.111. The van der Waals surface area contributed by atoms with Gasteiger partial charge >= 0.3 is 0 Å². The van der Waals surface area contributed by atoms with Crippen molar-refractivity contribution >= 4 is 33.6 Å². The Bertz CT molecular complexity index is 339. The fraction of sp³-hybridized carbons (Fsp3) is 0.111. The van der Waals surface area contributed by atoms with Crippen LogP contribution in [0.15, 0.2) is 22.7 Å². The van der Waals surface area contributed by atoms with Crippen LogP contribution in [0.1, 0.15) is 5.56 Å². The Morgan fingerprint density at radius 2 is 2.23 bits per heavy atom. The van der Waals surface area contributed by atoms with Crippen LogP contribution in [0.3, 0.4) is 0 Å². The minimum Gasteiger partial charge on any atom is -0.327 e. The first-order chi connectivity index (χ1) is 6.16. The van der Waals surface area contributed by atoms with Crippen LogP contribution in [0.5, 0.6) is 0 Å². The number of nitrogens with two attached hydrogens (primary N) is 1. The third-order valence-corrected chi connectivity index (χ3v) is 2.48. The van der Waals surface area contributed by atoms with Gasteiger partial charge in [0, 0.05) is 16.6 Å². The molecule has 0 bridgehead atoms. The molecule has 0 saturated heterocycles. The highest BCUT2D eigenvalue weighted by Gasteiger charge is 2.07. The Morgan fingerprint density at radius 1 is 1.54 bits per heavy atom. The molecular formula is C9H8BrClFN. The largest absolute Gasteiger partial charge is 0.327 e. The van der Waals surface area contributed by atoms with E-state index in [2.05, 4.69) is 15.9 Å². The summed E-state index contributed by atoms with van der Waals surface area (Å²) in [7, 11) is 0. The van der Waals surface area contributed by atoms with E-state index in [-0.39, 0.29) is 5.02 Å². The van der Waals surface area contributed by atoms with Crippen molar-refractivity contribution in [3.05, 3.63) is 39.1 Å². The Kier molecular flexibility index (Phi) is 3.90. The highest BCUT2D eigenvalue weighted by Crippen LogP contribution is 2.26. The Hall–Kier alpha value is -0.380. The van der Waals surface area contributed by atoms with Gasteiger partial charge in [-0.2, -0.15) is 0 Å². The summed E-state index contributed by atoms with van der Waals surface area (Å²) in [6.45, 7) is 0.373. The molecule has 0 atom stereocenters. The number of hydrogen-bond acceptors (Lipinski definition) is 1. The van der Waals surface area contributed by atoms with Gasteiger partial charge in [-0.3, -0.25) is 0 Å². The SMILES string of the molecule is NC/C=C/c1c(Br)ccc(Cl)c1F. The first kappa shape index (κ1) is 10.7. The summed E-state index contributed by atoms with van der Waals surface area (Å²) < 4.78 is 14.0. The second kappa shape index (κ2) is 4.74. The van der Waals surface area contributed by atoms with Crippen LogP contribution in [-0.2, 0) is 0 Å². The molecule has 0 fully saturated rings. The molecule has 1 aromatic carbocycles. The van der Waals surface area contributed by atoms with Gasteiger partial charge < -0.3 is 5.73 Å². The summed E-state index contributed by atoms with van der Waals surface area (Å²) in [5.74, 6) is -0.430. The van der Waals surface area contributed by atoms with Gasteiger partial charge in [0.2, 0.25) is 0 Å². The molecule has 1 aromatic rings. The summed E-state index contributed by atoms with van der Waals surface area (Å²) in [6.07, 6.45) is 3.27. The molecule has 1 rings (SSSR count). The van der Waals surface area contributed by atoms with E-state index in [1.807, 2.05) is 0 Å². The molecule has 0 radical (unpaired) electrons. The van der Waals surface area contributed by atoms with Crippen LogP contribution in [0.2, 0.25) is 5.02 Å². The molecule has 4 heteroatoms. The summed E-state index contributed by atoms with van der Waals surface area (Å²) >= 11 is 8.82. The molecule has 1 nitrogen and oxygen atoms in total. The maximum Gasteiger partial charge on any atom is 0.150 e. The van der Waals surface area contributed by atoms with E-state index in [0.29, 0.717) is 16.6 Å². The molecule has 0 amide bonds. The Morgan fingerprint density at radius 3 is 2.85 bits per heavy atom. The normalized spacial score (nSPS) is 11.1. The fourth-order valence-electron chi connectivity index (χ4n) is 0.881. The molecule has 13 heavy (non-hydrogen) atoms. The lowest BCUT2D eigenvalue weighted by Crippen LogP contribution is -1.93. The van der Waals surface area contributed by atoms with E-state index >= 15 is 0 Å². The van der Waals surface area contributed by atoms with Crippen molar-refractivity contribution in [2.75, 3.05) is 6.54 Å². The van der Waals surface area contributed by atoms with Gasteiger partial charge in [-0.05, 0) is 12.1 Å². The molecule has 0 heterocycles. The minimum absolute atomic E-state index is 0.111. The standard InChI is InChI=1S/C9H8BrClFN/c10-7-3-4-8(11)9(12)6(7)2-1-5-13/h1-4H,5,13H2/b2-1+. The average molecular weight is 265 g/mol. The number of halogens is 3. The van der Waals surface area contributed by atoms with Gasteiger partial charge in [0.05, 0.1) is 5.02 Å². The van der Waals surface area contributed by atoms with E-state index in [4.69, 9.17) is 17.3 Å². The van der Waals surface area contributed by atoms with Gasteiger partial charge in [-0.25, -0.2) is 4.39 Å². The first-order valence-corrected chi connectivity index (χ1v) is 4.84. The molecule has 0 aliphatic carbocycles.